The maximum atomic E-state index is 12.8. The van der Waals surface area contributed by atoms with Crippen LogP contribution in [0.4, 0.5) is 11.4 Å². The fraction of sp³-hybridized carbons (Fsp3) is 0.158. The third-order valence-electron chi connectivity index (χ3n) is 4.62. The molecule has 1 N–H and O–H groups in total. The van der Waals surface area contributed by atoms with Gasteiger partial charge in [-0.05, 0) is 25.1 Å². The highest BCUT2D eigenvalue weighted by atomic mass is 16.6. The highest BCUT2D eigenvalue weighted by Crippen LogP contribution is 2.38. The van der Waals surface area contributed by atoms with Gasteiger partial charge in [-0.25, -0.2) is 0 Å². The van der Waals surface area contributed by atoms with Crippen LogP contribution in [-0.4, -0.2) is 20.6 Å². The Kier molecular flexibility index (Phi) is 3.88. The van der Waals surface area contributed by atoms with Gasteiger partial charge in [-0.15, -0.1) is 0 Å². The molecule has 2 heterocycles. The molecule has 3 aromatic rings. The number of nitrogens with zero attached hydrogens (tertiary/aromatic N) is 3. The zero-order valence-electron chi connectivity index (χ0n) is 14.7. The Balaban J connectivity index is 1.72. The van der Waals surface area contributed by atoms with Gasteiger partial charge in [-0.1, -0.05) is 18.2 Å². The average molecular weight is 364 g/mol. The molecule has 0 unspecified atom stereocenters. The number of anilines is 1. The van der Waals surface area contributed by atoms with Gasteiger partial charge in [0, 0.05) is 24.2 Å². The zero-order valence-corrected chi connectivity index (χ0v) is 14.7. The molecule has 1 aliphatic rings. The molecule has 0 saturated carbocycles. The van der Waals surface area contributed by atoms with Crippen LogP contribution in [0.1, 0.15) is 21.6 Å². The van der Waals surface area contributed by atoms with Crippen molar-refractivity contribution in [3.8, 4) is 17.0 Å². The lowest BCUT2D eigenvalue weighted by molar-refractivity contribution is -0.385. The van der Waals surface area contributed by atoms with Crippen LogP contribution < -0.4 is 10.1 Å². The molecular formula is C19H16N4O4. The maximum Gasteiger partial charge on any atom is 0.276 e. The van der Waals surface area contributed by atoms with Gasteiger partial charge in [0.2, 0.25) is 0 Å². The van der Waals surface area contributed by atoms with Crippen molar-refractivity contribution in [1.29, 1.82) is 0 Å². The Labute approximate surface area is 154 Å². The first-order valence-corrected chi connectivity index (χ1v) is 8.31. The number of amides is 1. The molecular weight excluding hydrogens is 348 g/mol. The second-order valence-corrected chi connectivity index (χ2v) is 6.25. The summed E-state index contributed by atoms with van der Waals surface area (Å²) in [4.78, 5) is 23.5. The van der Waals surface area contributed by atoms with Crippen molar-refractivity contribution in [2.24, 2.45) is 7.05 Å². The van der Waals surface area contributed by atoms with E-state index in [1.165, 1.54) is 12.1 Å². The van der Waals surface area contributed by atoms with Crippen molar-refractivity contribution in [2.75, 3.05) is 5.32 Å². The van der Waals surface area contributed by atoms with Gasteiger partial charge in [0.15, 0.2) is 5.69 Å². The zero-order chi connectivity index (χ0) is 19.1. The van der Waals surface area contributed by atoms with E-state index >= 15 is 0 Å². The van der Waals surface area contributed by atoms with Crippen LogP contribution in [-0.2, 0) is 13.7 Å². The molecule has 1 amide bonds. The van der Waals surface area contributed by atoms with E-state index in [4.69, 9.17) is 4.74 Å². The Morgan fingerprint density at radius 2 is 2.04 bits per heavy atom. The van der Waals surface area contributed by atoms with Crippen molar-refractivity contribution in [3.63, 3.8) is 0 Å². The fourth-order valence-electron chi connectivity index (χ4n) is 3.30. The van der Waals surface area contributed by atoms with Crippen molar-refractivity contribution < 1.29 is 14.5 Å². The fourth-order valence-corrected chi connectivity index (χ4v) is 3.30. The van der Waals surface area contributed by atoms with E-state index in [0.717, 1.165) is 17.0 Å². The van der Waals surface area contributed by atoms with Crippen LogP contribution >= 0.6 is 0 Å². The first kappa shape index (κ1) is 16.8. The summed E-state index contributed by atoms with van der Waals surface area (Å²) in [5.74, 6) is 0.313. The van der Waals surface area contributed by atoms with E-state index in [-0.39, 0.29) is 18.0 Å². The molecule has 0 atom stereocenters. The summed E-state index contributed by atoms with van der Waals surface area (Å²) in [7, 11) is 1.77. The summed E-state index contributed by atoms with van der Waals surface area (Å²) in [5, 5.41) is 18.2. The Bertz CT molecular complexity index is 1090. The third kappa shape index (κ3) is 2.71. The number of para-hydroxylation sites is 1. The topological polar surface area (TPSA) is 99.3 Å². The first-order chi connectivity index (χ1) is 13.0. The average Bonchev–Trinajstić information content (AvgIpc) is 3.00. The summed E-state index contributed by atoms with van der Waals surface area (Å²) >= 11 is 0. The summed E-state index contributed by atoms with van der Waals surface area (Å²) in [6.07, 6.45) is 0. The summed E-state index contributed by atoms with van der Waals surface area (Å²) < 4.78 is 7.41. The lowest BCUT2D eigenvalue weighted by Crippen LogP contribution is -2.17. The highest BCUT2D eigenvalue weighted by Gasteiger charge is 2.28. The number of aromatic nitrogens is 2. The number of ether oxygens (including phenoxy) is 1. The molecule has 0 bridgehead atoms. The summed E-state index contributed by atoms with van der Waals surface area (Å²) in [6.45, 7) is 1.83. The molecule has 0 saturated heterocycles. The van der Waals surface area contributed by atoms with Gasteiger partial charge in [-0.2, -0.15) is 5.10 Å². The van der Waals surface area contributed by atoms with Crippen LogP contribution in [0, 0.1) is 17.0 Å². The van der Waals surface area contributed by atoms with E-state index in [2.05, 4.69) is 10.4 Å². The Morgan fingerprint density at radius 3 is 2.81 bits per heavy atom. The summed E-state index contributed by atoms with van der Waals surface area (Å²) in [6, 6.07) is 12.1. The highest BCUT2D eigenvalue weighted by molar-refractivity contribution is 6.05. The Hall–Kier alpha value is -3.68. The third-order valence-corrected chi connectivity index (χ3v) is 4.62. The van der Waals surface area contributed by atoms with Crippen LogP contribution in [0.2, 0.25) is 0 Å². The lowest BCUT2D eigenvalue weighted by Gasteiger charge is -2.18. The molecule has 136 valence electrons. The van der Waals surface area contributed by atoms with Crippen molar-refractivity contribution in [3.05, 3.63) is 69.4 Å². The molecule has 1 aromatic heterocycles. The van der Waals surface area contributed by atoms with Gasteiger partial charge >= 0.3 is 0 Å². The predicted molar refractivity (Wildman–Crippen MR) is 98.8 cm³/mol. The standard InChI is InChI=1S/C19H16N4O4/c1-11-14(7-5-8-15(11)23(25)26)20-19(24)17-13-10-27-16-9-4-3-6-12(16)18(13)22(2)21-17/h3-9H,10H2,1-2H3,(H,20,24). The smallest absolute Gasteiger partial charge is 0.276 e. The number of nitrogens with one attached hydrogen (secondary N) is 1. The molecule has 8 nitrogen and oxygen atoms in total. The minimum absolute atomic E-state index is 0.0480. The van der Waals surface area contributed by atoms with Gasteiger partial charge < -0.3 is 10.1 Å². The van der Waals surface area contributed by atoms with E-state index in [0.29, 0.717) is 16.8 Å². The molecule has 4 rings (SSSR count). The molecule has 0 spiro atoms. The van der Waals surface area contributed by atoms with Crippen molar-refractivity contribution in [1.82, 2.24) is 9.78 Å². The quantitative estimate of drug-likeness (QED) is 0.567. The lowest BCUT2D eigenvalue weighted by atomic mass is 10.0. The largest absolute Gasteiger partial charge is 0.488 e. The second kappa shape index (κ2) is 6.24. The van der Waals surface area contributed by atoms with E-state index < -0.39 is 10.8 Å². The number of carbonyl (C=O) groups is 1. The number of aryl methyl sites for hydroxylation is 1. The number of carbonyl (C=O) groups excluding carboxylic acids is 1. The molecule has 0 radical (unpaired) electrons. The van der Waals surface area contributed by atoms with E-state index in [9.17, 15) is 14.9 Å². The Morgan fingerprint density at radius 1 is 1.26 bits per heavy atom. The van der Waals surface area contributed by atoms with Gasteiger partial charge in [0.1, 0.15) is 12.4 Å². The molecule has 2 aromatic carbocycles. The van der Waals surface area contributed by atoms with Crippen LogP contribution in [0.5, 0.6) is 5.75 Å². The van der Waals surface area contributed by atoms with Crippen LogP contribution in [0.15, 0.2) is 42.5 Å². The van der Waals surface area contributed by atoms with Gasteiger partial charge in [0.05, 0.1) is 21.9 Å². The number of fused-ring (bicyclic) bond motifs is 3. The molecule has 0 fully saturated rings. The van der Waals surface area contributed by atoms with Gasteiger partial charge in [0.25, 0.3) is 11.6 Å². The number of hydrogen-bond donors (Lipinski definition) is 1. The predicted octanol–water partition coefficient (Wildman–Crippen LogP) is 3.45. The normalized spacial score (nSPS) is 11.9. The number of nitro groups is 1. The van der Waals surface area contributed by atoms with Crippen LogP contribution in [0.3, 0.4) is 0 Å². The van der Waals surface area contributed by atoms with Crippen molar-refractivity contribution >= 4 is 17.3 Å². The van der Waals surface area contributed by atoms with Gasteiger partial charge in [-0.3, -0.25) is 19.6 Å². The maximum absolute atomic E-state index is 12.8. The van der Waals surface area contributed by atoms with Crippen LogP contribution in [0.25, 0.3) is 11.3 Å². The number of benzene rings is 2. The molecule has 0 aliphatic carbocycles. The second-order valence-electron chi connectivity index (χ2n) is 6.25. The monoisotopic (exact) mass is 364 g/mol. The SMILES string of the molecule is Cc1c(NC(=O)c2nn(C)c3c2COc2ccccc2-3)cccc1[N+](=O)[O-]. The molecule has 1 aliphatic heterocycles. The van der Waals surface area contributed by atoms with Crippen molar-refractivity contribution in [2.45, 2.75) is 13.5 Å². The first-order valence-electron chi connectivity index (χ1n) is 8.31. The van der Waals surface area contributed by atoms with E-state index in [1.807, 2.05) is 24.3 Å². The number of rotatable bonds is 3. The number of hydrogen-bond acceptors (Lipinski definition) is 5. The molecule has 8 heteroatoms. The summed E-state index contributed by atoms with van der Waals surface area (Å²) in [5.41, 5.74) is 3.36. The number of nitro benzene ring substituents is 1. The van der Waals surface area contributed by atoms with E-state index in [1.54, 1.807) is 24.7 Å². The minimum atomic E-state index is -0.474. The minimum Gasteiger partial charge on any atom is -0.488 e. The molecule has 27 heavy (non-hydrogen) atoms.